The van der Waals surface area contributed by atoms with Crippen LogP contribution in [-0.2, 0) is 0 Å². The van der Waals surface area contributed by atoms with Gasteiger partial charge in [-0.3, -0.25) is 0 Å². The molecule has 1 aliphatic carbocycles. The first-order chi connectivity index (χ1) is 7.69. The molecule has 90 valence electrons. The number of anilines is 1. The summed E-state index contributed by atoms with van der Waals surface area (Å²) in [5, 5.41) is 5.55. The number of nitrogens with one attached hydrogen (secondary N) is 1. The summed E-state index contributed by atoms with van der Waals surface area (Å²) in [4.78, 5) is 5.89. The van der Waals surface area contributed by atoms with Crippen molar-refractivity contribution in [2.75, 3.05) is 11.6 Å². The number of rotatable bonds is 3. The first kappa shape index (κ1) is 12.2. The second-order valence-electron chi connectivity index (χ2n) is 4.53. The molecular formula is C12H20N2S2. The summed E-state index contributed by atoms with van der Waals surface area (Å²) in [6, 6.07) is 0.635. The van der Waals surface area contributed by atoms with Gasteiger partial charge in [-0.25, -0.2) is 4.98 Å². The number of aryl methyl sites for hydroxylation is 2. The van der Waals surface area contributed by atoms with Crippen LogP contribution in [0.5, 0.6) is 0 Å². The van der Waals surface area contributed by atoms with Crippen LogP contribution in [-0.4, -0.2) is 22.5 Å². The van der Waals surface area contributed by atoms with E-state index in [1.165, 1.54) is 36.3 Å². The Morgan fingerprint density at radius 1 is 1.38 bits per heavy atom. The lowest BCUT2D eigenvalue weighted by molar-refractivity contribution is 0.473. The molecule has 0 radical (unpaired) electrons. The monoisotopic (exact) mass is 256 g/mol. The van der Waals surface area contributed by atoms with Gasteiger partial charge in [-0.05, 0) is 39.4 Å². The van der Waals surface area contributed by atoms with E-state index in [2.05, 4.69) is 30.4 Å². The lowest BCUT2D eigenvalue weighted by Crippen LogP contribution is -2.28. The van der Waals surface area contributed by atoms with E-state index in [9.17, 15) is 0 Å². The fourth-order valence-corrected chi connectivity index (χ4v) is 3.92. The van der Waals surface area contributed by atoms with Crippen molar-refractivity contribution in [1.82, 2.24) is 4.98 Å². The van der Waals surface area contributed by atoms with E-state index in [1.807, 2.05) is 11.8 Å². The zero-order valence-electron chi connectivity index (χ0n) is 10.2. The minimum absolute atomic E-state index is 0.635. The highest BCUT2D eigenvalue weighted by molar-refractivity contribution is 7.99. The third-order valence-corrected chi connectivity index (χ3v) is 5.41. The molecule has 4 heteroatoms. The molecule has 1 aliphatic rings. The Labute approximate surface area is 106 Å². The van der Waals surface area contributed by atoms with Crippen molar-refractivity contribution in [2.45, 2.75) is 50.8 Å². The molecule has 1 aromatic heterocycles. The van der Waals surface area contributed by atoms with Crippen LogP contribution in [0.1, 0.15) is 36.3 Å². The molecule has 2 nitrogen and oxygen atoms in total. The average molecular weight is 256 g/mol. The van der Waals surface area contributed by atoms with Crippen molar-refractivity contribution in [1.29, 1.82) is 0 Å². The summed E-state index contributed by atoms with van der Waals surface area (Å²) in [7, 11) is 0. The minimum atomic E-state index is 0.635. The van der Waals surface area contributed by atoms with Crippen molar-refractivity contribution in [3.05, 3.63) is 10.6 Å². The Balaban J connectivity index is 1.93. The van der Waals surface area contributed by atoms with E-state index in [4.69, 9.17) is 0 Å². The van der Waals surface area contributed by atoms with Gasteiger partial charge in [0.25, 0.3) is 0 Å². The second-order valence-corrected chi connectivity index (χ2v) is 6.87. The van der Waals surface area contributed by atoms with Gasteiger partial charge in [-0.1, -0.05) is 6.42 Å². The van der Waals surface area contributed by atoms with Crippen LogP contribution in [0.3, 0.4) is 0 Å². The largest absolute Gasteiger partial charge is 0.359 e. The Kier molecular flexibility index (Phi) is 4.14. The fraction of sp³-hybridized carbons (Fsp3) is 0.750. The van der Waals surface area contributed by atoms with Crippen LogP contribution >= 0.6 is 23.1 Å². The molecule has 1 aromatic rings. The van der Waals surface area contributed by atoms with Crippen molar-refractivity contribution in [3.8, 4) is 0 Å². The van der Waals surface area contributed by atoms with Gasteiger partial charge >= 0.3 is 0 Å². The number of hydrogen-bond acceptors (Lipinski definition) is 4. The number of nitrogens with zero attached hydrogens (tertiary/aromatic N) is 1. The number of thiazole rings is 1. The summed E-state index contributed by atoms with van der Waals surface area (Å²) >= 11 is 3.80. The molecule has 0 aliphatic heterocycles. The van der Waals surface area contributed by atoms with E-state index in [1.54, 1.807) is 11.3 Å². The van der Waals surface area contributed by atoms with Gasteiger partial charge < -0.3 is 5.32 Å². The first-order valence-corrected chi connectivity index (χ1v) is 8.03. The van der Waals surface area contributed by atoms with Crippen molar-refractivity contribution in [3.63, 3.8) is 0 Å². The molecule has 1 saturated carbocycles. The van der Waals surface area contributed by atoms with E-state index in [0.717, 1.165) is 10.4 Å². The van der Waals surface area contributed by atoms with E-state index < -0.39 is 0 Å². The smallest absolute Gasteiger partial charge is 0.183 e. The SMILES string of the molecule is CSC1CCCC(Nc2nc(C)c(C)s2)C1. The molecule has 2 rings (SSSR count). The lowest BCUT2D eigenvalue weighted by Gasteiger charge is -2.28. The Bertz CT molecular complexity index is 329. The van der Waals surface area contributed by atoms with Gasteiger partial charge in [0.05, 0.1) is 5.69 Å². The zero-order valence-corrected chi connectivity index (χ0v) is 11.9. The Hall–Kier alpha value is -0.220. The molecule has 0 aromatic carbocycles. The van der Waals surface area contributed by atoms with Gasteiger partial charge in [0.2, 0.25) is 0 Å². The molecule has 0 bridgehead atoms. The highest BCUT2D eigenvalue weighted by atomic mass is 32.2. The summed E-state index contributed by atoms with van der Waals surface area (Å²) in [6.45, 7) is 4.23. The van der Waals surface area contributed by atoms with Gasteiger partial charge in [-0.2, -0.15) is 11.8 Å². The average Bonchev–Trinajstić information content (AvgIpc) is 2.58. The van der Waals surface area contributed by atoms with Crippen molar-refractivity contribution < 1.29 is 0 Å². The molecule has 1 fully saturated rings. The van der Waals surface area contributed by atoms with E-state index >= 15 is 0 Å². The third-order valence-electron chi connectivity index (χ3n) is 3.32. The van der Waals surface area contributed by atoms with Crippen molar-refractivity contribution in [2.24, 2.45) is 0 Å². The van der Waals surface area contributed by atoms with Crippen LogP contribution in [0.15, 0.2) is 0 Å². The van der Waals surface area contributed by atoms with Crippen LogP contribution in [0.25, 0.3) is 0 Å². The van der Waals surface area contributed by atoms with Crippen LogP contribution in [0.2, 0.25) is 0 Å². The highest BCUT2D eigenvalue weighted by Crippen LogP contribution is 2.30. The molecule has 0 saturated heterocycles. The molecule has 2 unspecified atom stereocenters. The molecule has 0 amide bonds. The summed E-state index contributed by atoms with van der Waals surface area (Å²) in [5.41, 5.74) is 1.17. The number of hydrogen-bond donors (Lipinski definition) is 1. The number of aromatic nitrogens is 1. The predicted octanol–water partition coefficient (Wildman–Crippen LogP) is 3.85. The van der Waals surface area contributed by atoms with Gasteiger partial charge in [0.15, 0.2) is 5.13 Å². The number of thioether (sulfide) groups is 1. The molecule has 1 N–H and O–H groups in total. The lowest BCUT2D eigenvalue weighted by atomic mass is 9.95. The highest BCUT2D eigenvalue weighted by Gasteiger charge is 2.21. The minimum Gasteiger partial charge on any atom is -0.359 e. The summed E-state index contributed by atoms with van der Waals surface area (Å²) in [5.74, 6) is 0. The maximum atomic E-state index is 4.56. The van der Waals surface area contributed by atoms with Gasteiger partial charge in [0, 0.05) is 16.2 Å². The normalized spacial score (nSPS) is 25.7. The van der Waals surface area contributed by atoms with Gasteiger partial charge in [0.1, 0.15) is 0 Å². The second kappa shape index (κ2) is 5.41. The quantitative estimate of drug-likeness (QED) is 0.889. The topological polar surface area (TPSA) is 24.9 Å². The predicted molar refractivity (Wildman–Crippen MR) is 74.8 cm³/mol. The molecule has 16 heavy (non-hydrogen) atoms. The maximum Gasteiger partial charge on any atom is 0.183 e. The molecular weight excluding hydrogens is 236 g/mol. The fourth-order valence-electron chi connectivity index (χ4n) is 2.20. The molecule has 2 atom stereocenters. The van der Waals surface area contributed by atoms with Crippen LogP contribution in [0.4, 0.5) is 5.13 Å². The van der Waals surface area contributed by atoms with Crippen LogP contribution < -0.4 is 5.32 Å². The first-order valence-electron chi connectivity index (χ1n) is 5.92. The van der Waals surface area contributed by atoms with E-state index in [0.29, 0.717) is 6.04 Å². The molecule has 0 spiro atoms. The summed E-state index contributed by atoms with van der Waals surface area (Å²) in [6.07, 6.45) is 7.56. The van der Waals surface area contributed by atoms with Crippen molar-refractivity contribution >= 4 is 28.2 Å². The van der Waals surface area contributed by atoms with Gasteiger partial charge in [-0.15, -0.1) is 11.3 Å². The summed E-state index contributed by atoms with van der Waals surface area (Å²) < 4.78 is 0. The van der Waals surface area contributed by atoms with E-state index in [-0.39, 0.29) is 0 Å². The Morgan fingerprint density at radius 2 is 2.19 bits per heavy atom. The third kappa shape index (κ3) is 2.92. The van der Waals surface area contributed by atoms with Crippen LogP contribution in [0, 0.1) is 13.8 Å². The zero-order chi connectivity index (χ0) is 11.5. The molecule has 1 heterocycles. The standard InChI is InChI=1S/C12H20N2S2/c1-8-9(2)16-12(13-8)14-10-5-4-6-11(7-10)15-3/h10-11H,4-7H2,1-3H3,(H,13,14). The Morgan fingerprint density at radius 3 is 2.81 bits per heavy atom. The maximum absolute atomic E-state index is 4.56.